The van der Waals surface area contributed by atoms with E-state index in [1.807, 2.05) is 0 Å². The van der Waals surface area contributed by atoms with Crippen molar-refractivity contribution in [2.24, 2.45) is 5.16 Å². The van der Waals surface area contributed by atoms with Crippen LogP contribution in [0.3, 0.4) is 0 Å². The van der Waals surface area contributed by atoms with E-state index in [1.165, 1.54) is 44.9 Å². The molecule has 0 aliphatic heterocycles. The van der Waals surface area contributed by atoms with Crippen molar-refractivity contribution < 1.29 is 13.6 Å². The van der Waals surface area contributed by atoms with E-state index in [1.54, 1.807) is 30.3 Å². The summed E-state index contributed by atoms with van der Waals surface area (Å²) in [5.41, 5.74) is 0. The van der Waals surface area contributed by atoms with Crippen molar-refractivity contribution in [3.05, 3.63) is 30.3 Å². The van der Waals surface area contributed by atoms with Gasteiger partial charge >= 0.3 is 0 Å². The Morgan fingerprint density at radius 2 is 1.44 bits per heavy atom. The van der Waals surface area contributed by atoms with Crippen molar-refractivity contribution in [2.75, 3.05) is 0 Å². The van der Waals surface area contributed by atoms with Crippen molar-refractivity contribution in [1.82, 2.24) is 0 Å². The normalized spacial score (nSPS) is 13.3. The molecule has 1 aromatic carbocycles. The number of unbranched alkanes of at least 4 members (excludes halogenated alkanes) is 9. The monoisotopic (exact) mass is 367 g/mol. The van der Waals surface area contributed by atoms with E-state index >= 15 is 0 Å². The average molecular weight is 368 g/mol. The summed E-state index contributed by atoms with van der Waals surface area (Å²) in [5, 5.41) is 11.0. The van der Waals surface area contributed by atoms with Crippen LogP contribution in [-0.4, -0.2) is 25.1 Å². The van der Waals surface area contributed by atoms with Crippen LogP contribution in [0.1, 0.15) is 77.6 Å². The minimum Gasteiger partial charge on any atom is -0.411 e. The Kier molecular flexibility index (Phi) is 11.2. The maximum Gasteiger partial charge on any atom is 0.186 e. The lowest BCUT2D eigenvalue weighted by molar-refractivity contribution is 0.320. The van der Waals surface area contributed by atoms with E-state index in [9.17, 15) is 8.42 Å². The fourth-order valence-electron chi connectivity index (χ4n) is 3.00. The summed E-state index contributed by atoms with van der Waals surface area (Å²) in [5.74, 6) is 0. The molecule has 0 heterocycles. The van der Waals surface area contributed by atoms with Crippen molar-refractivity contribution in [2.45, 2.75) is 87.7 Å². The predicted octanol–water partition coefficient (Wildman–Crippen LogP) is 5.60. The Morgan fingerprint density at radius 1 is 0.920 bits per heavy atom. The largest absolute Gasteiger partial charge is 0.411 e. The minimum atomic E-state index is -3.48. The molecule has 1 N–H and O–H groups in total. The fraction of sp³-hybridized carbons (Fsp3) is 0.650. The van der Waals surface area contributed by atoms with Gasteiger partial charge in [-0.1, -0.05) is 89.3 Å². The van der Waals surface area contributed by atoms with Crippen LogP contribution in [0.2, 0.25) is 0 Å². The van der Waals surface area contributed by atoms with Crippen molar-refractivity contribution in [3.63, 3.8) is 0 Å². The van der Waals surface area contributed by atoms with Crippen LogP contribution >= 0.6 is 0 Å². The third-order valence-corrected chi connectivity index (χ3v) is 6.63. The summed E-state index contributed by atoms with van der Waals surface area (Å²) in [6.45, 7) is 2.23. The molecule has 1 aromatic rings. The molecule has 4 nitrogen and oxygen atoms in total. The second-order valence-corrected chi connectivity index (χ2v) is 8.80. The number of benzene rings is 1. The first-order valence-corrected chi connectivity index (χ1v) is 11.1. The Morgan fingerprint density at radius 3 is 1.96 bits per heavy atom. The number of nitrogens with zero attached hydrogens (tertiary/aromatic N) is 1. The third-order valence-electron chi connectivity index (χ3n) is 4.55. The van der Waals surface area contributed by atoms with Crippen molar-refractivity contribution >= 4 is 16.1 Å². The van der Waals surface area contributed by atoms with Gasteiger partial charge in [-0.15, -0.1) is 5.16 Å². The Labute approximate surface area is 153 Å². The van der Waals surface area contributed by atoms with E-state index in [4.69, 9.17) is 5.21 Å². The third kappa shape index (κ3) is 8.52. The van der Waals surface area contributed by atoms with Gasteiger partial charge < -0.3 is 5.21 Å². The molecular weight excluding hydrogens is 334 g/mol. The summed E-state index contributed by atoms with van der Waals surface area (Å²) < 4.78 is 25.2. The molecule has 0 aliphatic rings. The van der Waals surface area contributed by atoms with Crippen molar-refractivity contribution in [1.29, 1.82) is 0 Å². The molecule has 0 fully saturated rings. The van der Waals surface area contributed by atoms with Gasteiger partial charge in [0.2, 0.25) is 0 Å². The smallest absolute Gasteiger partial charge is 0.186 e. The van der Waals surface area contributed by atoms with Crippen LogP contribution in [0.25, 0.3) is 0 Å². The first kappa shape index (κ1) is 21.7. The van der Waals surface area contributed by atoms with Crippen LogP contribution in [0, 0.1) is 0 Å². The highest BCUT2D eigenvalue weighted by molar-refractivity contribution is 7.92. The first-order valence-electron chi connectivity index (χ1n) is 9.59. The van der Waals surface area contributed by atoms with Gasteiger partial charge in [0.15, 0.2) is 9.84 Å². The Bertz CT molecular complexity index is 570. The maximum atomic E-state index is 12.6. The molecule has 0 unspecified atom stereocenters. The van der Waals surface area contributed by atoms with Crippen LogP contribution < -0.4 is 0 Å². The van der Waals surface area contributed by atoms with Gasteiger partial charge in [-0.3, -0.25) is 0 Å². The summed E-state index contributed by atoms with van der Waals surface area (Å²) in [6.07, 6.45) is 13.7. The van der Waals surface area contributed by atoms with Gasteiger partial charge in [0, 0.05) is 0 Å². The van der Waals surface area contributed by atoms with Gasteiger partial charge in [-0.05, 0) is 18.6 Å². The highest BCUT2D eigenvalue weighted by Crippen LogP contribution is 2.20. The SMILES string of the molecule is CCCCCCCCCCCC[C@H](/C=N\O)S(=O)(=O)c1ccccc1. The summed E-state index contributed by atoms with van der Waals surface area (Å²) in [7, 11) is -3.48. The summed E-state index contributed by atoms with van der Waals surface area (Å²) >= 11 is 0. The fourth-order valence-corrected chi connectivity index (χ4v) is 4.58. The number of oxime groups is 1. The molecule has 25 heavy (non-hydrogen) atoms. The molecule has 0 amide bonds. The lowest BCUT2D eigenvalue weighted by Crippen LogP contribution is -2.23. The highest BCUT2D eigenvalue weighted by Gasteiger charge is 2.25. The standard InChI is InChI=1S/C20H33NO3S/c1-2-3-4-5-6-7-8-9-10-12-17-20(18-21-22)25(23,24)19-15-13-11-14-16-19/h11,13-16,18,20,22H,2-10,12,17H2,1H3/b21-18-/t20-/m1/s1. The van der Waals surface area contributed by atoms with E-state index in [-0.39, 0.29) is 4.90 Å². The zero-order valence-electron chi connectivity index (χ0n) is 15.4. The van der Waals surface area contributed by atoms with E-state index < -0.39 is 15.1 Å². The van der Waals surface area contributed by atoms with Gasteiger partial charge in [0.25, 0.3) is 0 Å². The molecular formula is C20H33NO3S. The summed E-state index contributed by atoms with van der Waals surface area (Å²) in [6, 6.07) is 8.38. The number of hydrogen-bond acceptors (Lipinski definition) is 4. The maximum absolute atomic E-state index is 12.6. The first-order chi connectivity index (χ1) is 12.1. The lowest BCUT2D eigenvalue weighted by Gasteiger charge is -2.13. The quantitative estimate of drug-likeness (QED) is 0.201. The van der Waals surface area contributed by atoms with Gasteiger partial charge in [-0.2, -0.15) is 0 Å². The number of hydrogen-bond donors (Lipinski definition) is 1. The number of rotatable bonds is 14. The molecule has 0 aromatic heterocycles. The molecule has 0 spiro atoms. The highest BCUT2D eigenvalue weighted by atomic mass is 32.2. The van der Waals surface area contributed by atoms with Gasteiger partial charge in [-0.25, -0.2) is 8.42 Å². The molecule has 0 saturated carbocycles. The zero-order valence-corrected chi connectivity index (χ0v) is 16.3. The van der Waals surface area contributed by atoms with Crippen LogP contribution in [0.4, 0.5) is 0 Å². The van der Waals surface area contributed by atoms with Gasteiger partial charge in [0.1, 0.15) is 5.25 Å². The Balaban J connectivity index is 2.30. The minimum absolute atomic E-state index is 0.284. The average Bonchev–Trinajstić information content (AvgIpc) is 2.63. The van der Waals surface area contributed by atoms with Gasteiger partial charge in [0.05, 0.1) is 11.1 Å². The Hall–Kier alpha value is -1.36. The molecule has 0 radical (unpaired) electrons. The predicted molar refractivity (Wildman–Crippen MR) is 104 cm³/mol. The van der Waals surface area contributed by atoms with E-state index in [2.05, 4.69) is 12.1 Å². The lowest BCUT2D eigenvalue weighted by atomic mass is 10.1. The molecule has 1 atom stereocenters. The molecule has 0 bridgehead atoms. The zero-order chi connectivity index (χ0) is 18.4. The topological polar surface area (TPSA) is 66.7 Å². The van der Waals surface area contributed by atoms with Crippen LogP contribution in [0.5, 0.6) is 0 Å². The number of sulfone groups is 1. The molecule has 142 valence electrons. The molecule has 0 saturated heterocycles. The summed E-state index contributed by atoms with van der Waals surface area (Å²) in [4.78, 5) is 0.284. The molecule has 1 rings (SSSR count). The second-order valence-electron chi connectivity index (χ2n) is 6.63. The van der Waals surface area contributed by atoms with Crippen LogP contribution in [0.15, 0.2) is 40.4 Å². The molecule has 0 aliphatic carbocycles. The molecule has 5 heteroatoms. The van der Waals surface area contributed by atoms with E-state index in [0.717, 1.165) is 25.5 Å². The van der Waals surface area contributed by atoms with Crippen molar-refractivity contribution in [3.8, 4) is 0 Å². The second kappa shape index (κ2) is 12.9. The van der Waals surface area contributed by atoms with Crippen LogP contribution in [-0.2, 0) is 9.84 Å². The van der Waals surface area contributed by atoms with E-state index in [0.29, 0.717) is 6.42 Å².